The Hall–Kier alpha value is -1.09. The topological polar surface area (TPSA) is 28.2 Å². The molecule has 0 radical (unpaired) electrons. The zero-order valence-electron chi connectivity index (χ0n) is 12.0. The highest BCUT2D eigenvalue weighted by Crippen LogP contribution is 2.24. The first-order valence-corrected chi connectivity index (χ1v) is 6.98. The fourth-order valence-corrected chi connectivity index (χ4v) is 2.11. The molecule has 1 atom stereocenters. The van der Waals surface area contributed by atoms with Gasteiger partial charge in [-0.1, -0.05) is 13.8 Å². The van der Waals surface area contributed by atoms with Crippen LogP contribution in [0.1, 0.15) is 39.2 Å². The predicted molar refractivity (Wildman–Crippen MR) is 76.8 cm³/mol. The summed E-state index contributed by atoms with van der Waals surface area (Å²) >= 11 is 0. The van der Waals surface area contributed by atoms with Crippen LogP contribution in [0.15, 0.2) is 18.5 Å². The third kappa shape index (κ3) is 3.22. The number of rotatable bonds is 6. The highest BCUT2D eigenvalue weighted by molar-refractivity contribution is 5.52. The van der Waals surface area contributed by atoms with Crippen molar-refractivity contribution in [2.75, 3.05) is 11.9 Å². The number of hydrogen-bond acceptors (Lipinski definition) is 3. The fourth-order valence-electron chi connectivity index (χ4n) is 2.11. The van der Waals surface area contributed by atoms with Gasteiger partial charge in [0.25, 0.3) is 0 Å². The van der Waals surface area contributed by atoms with Gasteiger partial charge >= 0.3 is 0 Å². The molecule has 0 saturated heterocycles. The molecule has 3 heteroatoms. The maximum absolute atomic E-state index is 4.26. The molecule has 1 N–H and O–H groups in total. The van der Waals surface area contributed by atoms with E-state index in [-0.39, 0.29) is 0 Å². The van der Waals surface area contributed by atoms with Crippen LogP contribution in [-0.2, 0) is 6.54 Å². The Morgan fingerprint density at radius 1 is 1.39 bits per heavy atom. The fraction of sp³-hybridized carbons (Fsp3) is 0.667. The molecule has 0 spiro atoms. The quantitative estimate of drug-likeness (QED) is 0.838. The number of nitrogens with zero attached hydrogens (tertiary/aromatic N) is 2. The molecule has 1 fully saturated rings. The number of aromatic nitrogens is 1. The van der Waals surface area contributed by atoms with Gasteiger partial charge in [-0.15, -0.1) is 0 Å². The molecule has 0 aromatic carbocycles. The molecule has 1 aliphatic carbocycles. The number of anilines is 1. The summed E-state index contributed by atoms with van der Waals surface area (Å²) in [4.78, 5) is 6.63. The Bertz CT molecular complexity index is 385. The molecule has 1 aliphatic rings. The standard InChI is InChI=1S/C15H25N3/c1-11(2)12(3)18(4)15-7-8-16-9-13(15)10-17-14-5-6-14/h7-9,11-12,14,17H,5-6,10H2,1-4H3. The molecule has 0 bridgehead atoms. The molecular weight excluding hydrogens is 222 g/mol. The minimum atomic E-state index is 0.534. The van der Waals surface area contributed by atoms with Crippen LogP contribution < -0.4 is 10.2 Å². The Labute approximate surface area is 111 Å². The first kappa shape index (κ1) is 13.3. The minimum absolute atomic E-state index is 0.534. The van der Waals surface area contributed by atoms with E-state index >= 15 is 0 Å². The van der Waals surface area contributed by atoms with E-state index in [0.29, 0.717) is 12.0 Å². The van der Waals surface area contributed by atoms with Crippen LogP contribution in [0, 0.1) is 5.92 Å². The van der Waals surface area contributed by atoms with Crippen LogP contribution in [0.5, 0.6) is 0 Å². The van der Waals surface area contributed by atoms with Gasteiger partial charge in [-0.25, -0.2) is 0 Å². The van der Waals surface area contributed by atoms with Crippen molar-refractivity contribution in [2.45, 2.75) is 52.2 Å². The average molecular weight is 247 g/mol. The van der Waals surface area contributed by atoms with Crippen LogP contribution in [0.3, 0.4) is 0 Å². The number of hydrogen-bond donors (Lipinski definition) is 1. The summed E-state index contributed by atoms with van der Waals surface area (Å²) in [7, 11) is 2.18. The first-order valence-electron chi connectivity index (χ1n) is 6.98. The summed E-state index contributed by atoms with van der Waals surface area (Å²) in [5.74, 6) is 0.646. The third-order valence-corrected chi connectivity index (χ3v) is 3.99. The van der Waals surface area contributed by atoms with E-state index in [1.54, 1.807) is 0 Å². The summed E-state index contributed by atoms with van der Waals surface area (Å²) in [6.45, 7) is 7.75. The lowest BCUT2D eigenvalue weighted by Crippen LogP contribution is -2.34. The van der Waals surface area contributed by atoms with Gasteiger partial charge in [0.05, 0.1) is 0 Å². The lowest BCUT2D eigenvalue weighted by atomic mass is 10.0. The van der Waals surface area contributed by atoms with Crippen molar-refractivity contribution in [1.29, 1.82) is 0 Å². The van der Waals surface area contributed by atoms with Crippen molar-refractivity contribution in [2.24, 2.45) is 5.92 Å². The van der Waals surface area contributed by atoms with E-state index in [0.717, 1.165) is 12.6 Å². The Morgan fingerprint density at radius 2 is 2.11 bits per heavy atom. The van der Waals surface area contributed by atoms with Crippen LogP contribution in [0.4, 0.5) is 5.69 Å². The first-order chi connectivity index (χ1) is 8.59. The maximum atomic E-state index is 4.26. The second-order valence-corrected chi connectivity index (χ2v) is 5.76. The Kier molecular flexibility index (Phi) is 4.23. The van der Waals surface area contributed by atoms with Gasteiger partial charge < -0.3 is 10.2 Å². The molecule has 1 aromatic heterocycles. The van der Waals surface area contributed by atoms with E-state index in [1.807, 2.05) is 12.4 Å². The van der Waals surface area contributed by atoms with Crippen LogP contribution in [-0.4, -0.2) is 24.1 Å². The van der Waals surface area contributed by atoms with Gasteiger partial charge in [-0.05, 0) is 31.7 Å². The van der Waals surface area contributed by atoms with E-state index in [9.17, 15) is 0 Å². The summed E-state index contributed by atoms with van der Waals surface area (Å²) in [5, 5.41) is 3.57. The molecule has 0 aliphatic heterocycles. The van der Waals surface area contributed by atoms with Gasteiger partial charge in [-0.3, -0.25) is 4.98 Å². The largest absolute Gasteiger partial charge is 0.371 e. The van der Waals surface area contributed by atoms with Gasteiger partial charge in [0, 0.05) is 49.3 Å². The average Bonchev–Trinajstić information content (AvgIpc) is 3.19. The smallest absolute Gasteiger partial charge is 0.0442 e. The van der Waals surface area contributed by atoms with Crippen molar-refractivity contribution in [3.05, 3.63) is 24.0 Å². The van der Waals surface area contributed by atoms with E-state index in [1.165, 1.54) is 24.1 Å². The third-order valence-electron chi connectivity index (χ3n) is 3.99. The molecule has 1 heterocycles. The van der Waals surface area contributed by atoms with Gasteiger partial charge in [-0.2, -0.15) is 0 Å². The van der Waals surface area contributed by atoms with Crippen molar-refractivity contribution in [3.8, 4) is 0 Å². The zero-order chi connectivity index (χ0) is 13.1. The Morgan fingerprint density at radius 3 is 2.72 bits per heavy atom. The zero-order valence-corrected chi connectivity index (χ0v) is 12.0. The number of nitrogens with one attached hydrogen (secondary N) is 1. The molecular formula is C15H25N3. The molecule has 0 amide bonds. The van der Waals surface area contributed by atoms with Crippen molar-refractivity contribution < 1.29 is 0 Å². The second kappa shape index (κ2) is 5.70. The molecule has 1 unspecified atom stereocenters. The normalized spacial score (nSPS) is 16.9. The highest BCUT2D eigenvalue weighted by atomic mass is 15.1. The highest BCUT2D eigenvalue weighted by Gasteiger charge is 2.21. The Balaban J connectivity index is 2.09. The van der Waals surface area contributed by atoms with E-state index < -0.39 is 0 Å². The van der Waals surface area contributed by atoms with Gasteiger partial charge in [0.2, 0.25) is 0 Å². The molecule has 18 heavy (non-hydrogen) atoms. The van der Waals surface area contributed by atoms with Crippen molar-refractivity contribution in [3.63, 3.8) is 0 Å². The summed E-state index contributed by atoms with van der Waals surface area (Å²) in [6, 6.07) is 3.40. The van der Waals surface area contributed by atoms with Gasteiger partial charge in [0.15, 0.2) is 0 Å². The van der Waals surface area contributed by atoms with Crippen LogP contribution in [0.2, 0.25) is 0 Å². The van der Waals surface area contributed by atoms with Crippen LogP contribution in [0.25, 0.3) is 0 Å². The number of pyridine rings is 1. The lowest BCUT2D eigenvalue weighted by molar-refractivity contribution is 0.504. The molecule has 1 saturated carbocycles. The predicted octanol–water partition coefficient (Wildman–Crippen LogP) is 2.81. The van der Waals surface area contributed by atoms with Crippen LogP contribution >= 0.6 is 0 Å². The second-order valence-electron chi connectivity index (χ2n) is 5.76. The van der Waals surface area contributed by atoms with E-state index in [4.69, 9.17) is 0 Å². The maximum Gasteiger partial charge on any atom is 0.0442 e. The van der Waals surface area contributed by atoms with Crippen molar-refractivity contribution >= 4 is 5.69 Å². The monoisotopic (exact) mass is 247 g/mol. The van der Waals surface area contributed by atoms with Crippen molar-refractivity contribution in [1.82, 2.24) is 10.3 Å². The summed E-state index contributed by atoms with van der Waals surface area (Å²) < 4.78 is 0. The molecule has 100 valence electrons. The molecule has 1 aromatic rings. The van der Waals surface area contributed by atoms with E-state index in [2.05, 4.69) is 49.1 Å². The lowest BCUT2D eigenvalue weighted by Gasteiger charge is -2.31. The molecule has 3 nitrogen and oxygen atoms in total. The SMILES string of the molecule is CC(C)C(C)N(C)c1ccncc1CNC1CC1. The summed E-state index contributed by atoms with van der Waals surface area (Å²) in [6.07, 6.45) is 6.54. The minimum Gasteiger partial charge on any atom is -0.371 e. The summed E-state index contributed by atoms with van der Waals surface area (Å²) in [5.41, 5.74) is 2.61. The van der Waals surface area contributed by atoms with Gasteiger partial charge in [0.1, 0.15) is 0 Å². The molecule has 2 rings (SSSR count).